The molecule has 0 aliphatic rings. The molecule has 0 saturated carbocycles. The molecule has 0 bridgehead atoms. The minimum absolute atomic E-state index is 0.519. The highest BCUT2D eigenvalue weighted by Crippen LogP contribution is 2.21. The summed E-state index contributed by atoms with van der Waals surface area (Å²) in [6.07, 6.45) is 4.31. The van der Waals surface area contributed by atoms with Crippen molar-refractivity contribution in [3.05, 3.63) is 40.9 Å². The first-order valence-corrected chi connectivity index (χ1v) is 5.53. The van der Waals surface area contributed by atoms with E-state index in [0.717, 1.165) is 23.2 Å². The van der Waals surface area contributed by atoms with Crippen molar-refractivity contribution in [1.29, 1.82) is 0 Å². The Morgan fingerprint density at radius 2 is 2.12 bits per heavy atom. The Hall–Kier alpha value is -1.48. The van der Waals surface area contributed by atoms with Crippen LogP contribution in [-0.2, 0) is 6.42 Å². The number of hydrogen-bond acceptors (Lipinski definition) is 3. The van der Waals surface area contributed by atoms with Crippen molar-refractivity contribution >= 4 is 11.6 Å². The Balaban J connectivity index is 2.55. The van der Waals surface area contributed by atoms with Crippen molar-refractivity contribution in [3.63, 3.8) is 0 Å². The number of pyridine rings is 1. The van der Waals surface area contributed by atoms with E-state index in [2.05, 4.69) is 21.9 Å². The van der Waals surface area contributed by atoms with E-state index >= 15 is 0 Å². The predicted molar refractivity (Wildman–Crippen MR) is 64.4 cm³/mol. The van der Waals surface area contributed by atoms with E-state index in [1.54, 1.807) is 12.4 Å². The van der Waals surface area contributed by atoms with Gasteiger partial charge in [0.15, 0.2) is 5.82 Å². The molecule has 0 saturated heterocycles. The number of aryl methyl sites for hydroxylation is 1. The smallest absolute Gasteiger partial charge is 0.162 e. The maximum absolute atomic E-state index is 6.08. The van der Waals surface area contributed by atoms with Crippen LogP contribution in [-0.4, -0.2) is 15.0 Å². The standard InChI is InChI=1S/C12H12ClN3/c1-3-10-8(2)11(13)16-12(15-10)9-5-4-6-14-7-9/h4-7H,3H2,1-2H3. The molecule has 4 heteroatoms. The molecule has 0 fully saturated rings. The van der Waals surface area contributed by atoms with E-state index in [9.17, 15) is 0 Å². The van der Waals surface area contributed by atoms with E-state index in [-0.39, 0.29) is 0 Å². The van der Waals surface area contributed by atoms with Crippen LogP contribution in [0.4, 0.5) is 0 Å². The van der Waals surface area contributed by atoms with Gasteiger partial charge in [0.05, 0.1) is 0 Å². The Morgan fingerprint density at radius 3 is 2.75 bits per heavy atom. The van der Waals surface area contributed by atoms with Crippen molar-refractivity contribution in [2.45, 2.75) is 20.3 Å². The lowest BCUT2D eigenvalue weighted by atomic mass is 10.2. The summed E-state index contributed by atoms with van der Waals surface area (Å²) in [5.74, 6) is 0.639. The van der Waals surface area contributed by atoms with Crippen LogP contribution in [0.1, 0.15) is 18.2 Å². The van der Waals surface area contributed by atoms with Gasteiger partial charge in [-0.15, -0.1) is 0 Å². The van der Waals surface area contributed by atoms with Gasteiger partial charge in [-0.3, -0.25) is 4.98 Å². The fraction of sp³-hybridized carbons (Fsp3) is 0.250. The maximum Gasteiger partial charge on any atom is 0.162 e. The summed E-state index contributed by atoms with van der Waals surface area (Å²) in [6.45, 7) is 3.99. The topological polar surface area (TPSA) is 38.7 Å². The number of nitrogens with zero attached hydrogens (tertiary/aromatic N) is 3. The van der Waals surface area contributed by atoms with Gasteiger partial charge in [0, 0.05) is 29.2 Å². The van der Waals surface area contributed by atoms with Gasteiger partial charge in [0.2, 0.25) is 0 Å². The minimum Gasteiger partial charge on any atom is -0.264 e. The summed E-state index contributed by atoms with van der Waals surface area (Å²) in [5, 5.41) is 0.519. The lowest BCUT2D eigenvalue weighted by Crippen LogP contribution is -1.99. The van der Waals surface area contributed by atoms with Crippen molar-refractivity contribution in [2.75, 3.05) is 0 Å². The molecule has 0 N–H and O–H groups in total. The van der Waals surface area contributed by atoms with E-state index in [0.29, 0.717) is 11.0 Å². The average Bonchev–Trinajstić information content (AvgIpc) is 2.33. The van der Waals surface area contributed by atoms with Crippen LogP contribution >= 0.6 is 11.6 Å². The lowest BCUT2D eigenvalue weighted by molar-refractivity contribution is 0.975. The van der Waals surface area contributed by atoms with Crippen LogP contribution in [0.5, 0.6) is 0 Å². The quantitative estimate of drug-likeness (QED) is 0.749. The van der Waals surface area contributed by atoms with Crippen molar-refractivity contribution in [1.82, 2.24) is 15.0 Å². The molecule has 2 aromatic heterocycles. The number of halogens is 1. The molecule has 0 aliphatic carbocycles. The second-order valence-corrected chi connectivity index (χ2v) is 3.86. The highest BCUT2D eigenvalue weighted by atomic mass is 35.5. The Bertz CT molecular complexity index is 497. The third-order valence-corrected chi connectivity index (χ3v) is 2.81. The predicted octanol–water partition coefficient (Wildman–Crippen LogP) is 3.06. The molecule has 0 radical (unpaired) electrons. The van der Waals surface area contributed by atoms with Gasteiger partial charge >= 0.3 is 0 Å². The molecular formula is C12H12ClN3. The molecular weight excluding hydrogens is 222 g/mol. The van der Waals surface area contributed by atoms with Crippen molar-refractivity contribution in [2.24, 2.45) is 0 Å². The number of aromatic nitrogens is 3. The van der Waals surface area contributed by atoms with Gasteiger partial charge in [0.1, 0.15) is 5.15 Å². The second kappa shape index (κ2) is 4.58. The zero-order chi connectivity index (χ0) is 11.5. The molecule has 16 heavy (non-hydrogen) atoms. The lowest BCUT2D eigenvalue weighted by Gasteiger charge is -2.07. The molecule has 0 amide bonds. The molecule has 82 valence electrons. The van der Waals surface area contributed by atoms with Gasteiger partial charge in [0.25, 0.3) is 0 Å². The maximum atomic E-state index is 6.08. The highest BCUT2D eigenvalue weighted by Gasteiger charge is 2.09. The van der Waals surface area contributed by atoms with E-state index < -0.39 is 0 Å². The molecule has 2 aromatic rings. The van der Waals surface area contributed by atoms with Gasteiger partial charge in [-0.05, 0) is 25.5 Å². The largest absolute Gasteiger partial charge is 0.264 e. The molecule has 2 rings (SSSR count). The Morgan fingerprint density at radius 1 is 1.31 bits per heavy atom. The van der Waals surface area contributed by atoms with E-state index in [4.69, 9.17) is 11.6 Å². The van der Waals surface area contributed by atoms with Crippen LogP contribution in [0.25, 0.3) is 11.4 Å². The van der Waals surface area contributed by atoms with Crippen LogP contribution in [0.3, 0.4) is 0 Å². The Kier molecular flexibility index (Phi) is 3.15. The summed E-state index contributed by atoms with van der Waals surface area (Å²) in [7, 11) is 0. The van der Waals surface area contributed by atoms with E-state index in [1.807, 2.05) is 19.1 Å². The molecule has 0 spiro atoms. The normalized spacial score (nSPS) is 10.4. The van der Waals surface area contributed by atoms with Gasteiger partial charge in [-0.2, -0.15) is 0 Å². The fourth-order valence-corrected chi connectivity index (χ4v) is 1.69. The molecule has 0 aromatic carbocycles. The van der Waals surface area contributed by atoms with Gasteiger partial charge < -0.3 is 0 Å². The first kappa shape index (κ1) is 11.0. The number of rotatable bonds is 2. The number of hydrogen-bond donors (Lipinski definition) is 0. The van der Waals surface area contributed by atoms with E-state index in [1.165, 1.54) is 0 Å². The van der Waals surface area contributed by atoms with Crippen molar-refractivity contribution < 1.29 is 0 Å². The fourth-order valence-electron chi connectivity index (χ4n) is 1.50. The average molecular weight is 234 g/mol. The minimum atomic E-state index is 0.519. The molecule has 0 atom stereocenters. The van der Waals surface area contributed by atoms with Crippen molar-refractivity contribution in [3.8, 4) is 11.4 Å². The second-order valence-electron chi connectivity index (χ2n) is 3.50. The molecule has 2 heterocycles. The molecule has 0 unspecified atom stereocenters. The summed E-state index contributed by atoms with van der Waals surface area (Å²) >= 11 is 6.08. The van der Waals surface area contributed by atoms with Gasteiger partial charge in [-0.25, -0.2) is 9.97 Å². The summed E-state index contributed by atoms with van der Waals surface area (Å²) < 4.78 is 0. The SMILES string of the molecule is CCc1nc(-c2cccnc2)nc(Cl)c1C. The monoisotopic (exact) mass is 233 g/mol. The first-order valence-electron chi connectivity index (χ1n) is 5.15. The third-order valence-electron chi connectivity index (χ3n) is 2.44. The summed E-state index contributed by atoms with van der Waals surface area (Å²) in [4.78, 5) is 12.8. The zero-order valence-electron chi connectivity index (χ0n) is 9.24. The van der Waals surface area contributed by atoms with Crippen LogP contribution in [0, 0.1) is 6.92 Å². The zero-order valence-corrected chi connectivity index (χ0v) is 9.99. The molecule has 0 aliphatic heterocycles. The molecule has 3 nitrogen and oxygen atoms in total. The van der Waals surface area contributed by atoms with Gasteiger partial charge in [-0.1, -0.05) is 18.5 Å². The van der Waals surface area contributed by atoms with Crippen LogP contribution in [0.15, 0.2) is 24.5 Å². The Labute approximate surface area is 99.5 Å². The highest BCUT2D eigenvalue weighted by molar-refractivity contribution is 6.30. The summed E-state index contributed by atoms with van der Waals surface area (Å²) in [6, 6.07) is 3.78. The van der Waals surface area contributed by atoms with Crippen LogP contribution < -0.4 is 0 Å². The third kappa shape index (κ3) is 2.04. The summed E-state index contributed by atoms with van der Waals surface area (Å²) in [5.41, 5.74) is 2.83. The van der Waals surface area contributed by atoms with Crippen LogP contribution in [0.2, 0.25) is 5.15 Å². The first-order chi connectivity index (χ1) is 7.72.